The molecular formula is C7H5BrF2Zn-. The summed E-state index contributed by atoms with van der Waals surface area (Å²) in [7, 11) is 0. The van der Waals surface area contributed by atoms with E-state index < -0.39 is 12.0 Å². The molecule has 0 aromatic carbocycles. The monoisotopic (exact) mass is 270 g/mol. The van der Waals surface area contributed by atoms with Gasteiger partial charge >= 0.3 is 0 Å². The van der Waals surface area contributed by atoms with Crippen LogP contribution in [-0.2, 0) is 19.5 Å². The molecule has 0 nitrogen and oxygen atoms in total. The summed E-state index contributed by atoms with van der Waals surface area (Å²) in [5.41, 5.74) is 0.219. The molecule has 57 valence electrons. The fourth-order valence-electron chi connectivity index (χ4n) is 0.522. The van der Waals surface area contributed by atoms with E-state index in [4.69, 9.17) is 0 Å². The van der Waals surface area contributed by atoms with Crippen molar-refractivity contribution in [1.29, 1.82) is 0 Å². The van der Waals surface area contributed by atoms with Gasteiger partial charge in [-0.1, -0.05) is 12.7 Å². The van der Waals surface area contributed by atoms with Crippen LogP contribution in [0.25, 0.3) is 0 Å². The average Bonchev–Trinajstić information content (AvgIpc) is 1.80. The van der Waals surface area contributed by atoms with E-state index >= 15 is 0 Å². The summed E-state index contributed by atoms with van der Waals surface area (Å²) in [6.45, 7) is 3.32. The minimum atomic E-state index is -0.602. The molecule has 1 rings (SSSR count). The second kappa shape index (κ2) is 5.79. The predicted molar refractivity (Wildman–Crippen MR) is 31.8 cm³/mol. The fourth-order valence-corrected chi connectivity index (χ4v) is 0.522. The number of hydrogen-bond donors (Lipinski definition) is 0. The Bertz CT molecular complexity index is 199. The van der Waals surface area contributed by atoms with Crippen LogP contribution in [0.3, 0.4) is 0 Å². The van der Waals surface area contributed by atoms with Crippen molar-refractivity contribution < 1.29 is 45.2 Å². The first-order valence-electron chi connectivity index (χ1n) is 2.47. The van der Waals surface area contributed by atoms with Crippen LogP contribution in [0.2, 0.25) is 0 Å². The van der Waals surface area contributed by atoms with Gasteiger partial charge in [0, 0.05) is 19.5 Å². The van der Waals surface area contributed by atoms with Crippen LogP contribution in [0.5, 0.6) is 0 Å². The van der Waals surface area contributed by atoms with Gasteiger partial charge in [0.05, 0.1) is 0 Å². The summed E-state index contributed by atoms with van der Waals surface area (Å²) in [6, 6.07) is 0. The number of hydrogen-bond acceptors (Lipinski definition) is 0. The summed E-state index contributed by atoms with van der Waals surface area (Å²) >= 11 is 0. The van der Waals surface area contributed by atoms with E-state index in [1.807, 2.05) is 0 Å². The van der Waals surface area contributed by atoms with Crippen LogP contribution < -0.4 is 17.0 Å². The molecule has 1 aliphatic carbocycles. The molecule has 11 heavy (non-hydrogen) atoms. The molecular weight excluding hydrogens is 267 g/mol. The van der Waals surface area contributed by atoms with E-state index in [-0.39, 0.29) is 42.0 Å². The molecule has 0 aliphatic heterocycles. The molecule has 0 heterocycles. The van der Waals surface area contributed by atoms with Crippen LogP contribution in [0.1, 0.15) is 0 Å². The third-order valence-corrected chi connectivity index (χ3v) is 1.02. The van der Waals surface area contributed by atoms with Gasteiger partial charge in [-0.05, 0) is 17.7 Å². The normalized spacial score (nSPS) is 16.5. The van der Waals surface area contributed by atoms with Crippen molar-refractivity contribution in [1.82, 2.24) is 0 Å². The van der Waals surface area contributed by atoms with Crippen molar-refractivity contribution in [2.24, 2.45) is 0 Å². The average molecular weight is 272 g/mol. The topological polar surface area (TPSA) is 0 Å². The second-order valence-corrected chi connectivity index (χ2v) is 1.74. The van der Waals surface area contributed by atoms with Crippen molar-refractivity contribution in [3.8, 4) is 0 Å². The zero-order valence-electron chi connectivity index (χ0n) is 5.78. The number of rotatable bonds is 0. The van der Waals surface area contributed by atoms with Gasteiger partial charge in [-0.25, -0.2) is 8.78 Å². The summed E-state index contributed by atoms with van der Waals surface area (Å²) in [5.74, 6) is -0.570. The first-order chi connectivity index (χ1) is 4.20. The molecule has 0 aromatic heterocycles. The standard InChI is InChI=1S/C7H5F2.BrH.Zn/c1-5-2-3-6(8)4-7(5)9;;/h2-4H,1H2;1H;/p-1. The largest absolute Gasteiger partial charge is 1.00 e. The van der Waals surface area contributed by atoms with Gasteiger partial charge in [-0.3, -0.25) is 0 Å². The van der Waals surface area contributed by atoms with Crippen LogP contribution in [0.4, 0.5) is 8.78 Å². The van der Waals surface area contributed by atoms with Crippen LogP contribution in [-0.4, -0.2) is 0 Å². The Morgan fingerprint density at radius 2 is 1.73 bits per heavy atom. The maximum atomic E-state index is 12.3. The minimum Gasteiger partial charge on any atom is -1.00 e. The summed E-state index contributed by atoms with van der Waals surface area (Å²) in [6.07, 6.45) is 2.67. The number of allylic oxidation sites excluding steroid dienone is 5. The Kier molecular flexibility index (Phi) is 7.23. The Hall–Kier alpha value is 0.183. The Morgan fingerprint density at radius 1 is 1.18 bits per heavy atom. The fraction of sp³-hybridized carbons (Fsp3) is 0. The molecule has 0 unspecified atom stereocenters. The summed E-state index contributed by atoms with van der Waals surface area (Å²) in [5, 5.41) is 0. The molecule has 1 aliphatic rings. The molecule has 0 fully saturated rings. The maximum Gasteiger partial charge on any atom is 0.198 e. The zero-order valence-corrected chi connectivity index (χ0v) is 10.3. The molecule has 0 atom stereocenters. The molecule has 4 heteroatoms. The summed E-state index contributed by atoms with van der Waals surface area (Å²) < 4.78 is 24.4. The van der Waals surface area contributed by atoms with Gasteiger partial charge in [-0.15, -0.1) is 0 Å². The van der Waals surface area contributed by atoms with Gasteiger partial charge < -0.3 is 17.0 Å². The zero-order chi connectivity index (χ0) is 6.85. The minimum absolute atomic E-state index is 0. The second-order valence-electron chi connectivity index (χ2n) is 1.74. The maximum absolute atomic E-state index is 12.3. The molecule has 0 aromatic rings. The van der Waals surface area contributed by atoms with Gasteiger partial charge in [0.15, 0.2) is 6.17 Å². The van der Waals surface area contributed by atoms with Gasteiger partial charge in [-0.2, -0.15) is 0 Å². The van der Waals surface area contributed by atoms with E-state index in [2.05, 4.69) is 6.58 Å². The molecule has 0 spiro atoms. The third-order valence-electron chi connectivity index (χ3n) is 1.02. The first-order valence-corrected chi connectivity index (χ1v) is 2.47. The molecule has 0 amide bonds. The molecule has 0 N–H and O–H groups in total. The van der Waals surface area contributed by atoms with Crippen molar-refractivity contribution in [3.05, 3.63) is 42.4 Å². The SMILES string of the molecule is C=C1C=CC(F)=C[C]1F.[Br-].[Zn]. The molecule has 0 saturated heterocycles. The summed E-state index contributed by atoms with van der Waals surface area (Å²) in [4.78, 5) is 0. The van der Waals surface area contributed by atoms with Crippen LogP contribution in [0.15, 0.2) is 36.2 Å². The Morgan fingerprint density at radius 3 is 2.09 bits per heavy atom. The van der Waals surface area contributed by atoms with E-state index in [0.717, 1.165) is 6.08 Å². The molecule has 0 saturated carbocycles. The van der Waals surface area contributed by atoms with Gasteiger partial charge in [0.1, 0.15) is 5.83 Å². The first kappa shape index (κ1) is 13.8. The van der Waals surface area contributed by atoms with E-state index in [1.165, 1.54) is 12.2 Å². The van der Waals surface area contributed by atoms with Crippen molar-refractivity contribution >= 4 is 0 Å². The van der Waals surface area contributed by atoms with E-state index in [0.29, 0.717) is 0 Å². The molecule has 1 radical (unpaired) electrons. The Balaban J connectivity index is 0. The van der Waals surface area contributed by atoms with Crippen molar-refractivity contribution in [2.75, 3.05) is 0 Å². The predicted octanol–water partition coefficient (Wildman–Crippen LogP) is -0.531. The van der Waals surface area contributed by atoms with Crippen LogP contribution in [0, 0.1) is 6.17 Å². The van der Waals surface area contributed by atoms with Crippen molar-refractivity contribution in [2.45, 2.75) is 0 Å². The molecule has 0 bridgehead atoms. The van der Waals surface area contributed by atoms with Crippen LogP contribution >= 0.6 is 0 Å². The third kappa shape index (κ3) is 3.92. The smallest absolute Gasteiger partial charge is 0.198 e. The van der Waals surface area contributed by atoms with Gasteiger partial charge in [0.2, 0.25) is 0 Å². The number of halogens is 3. The van der Waals surface area contributed by atoms with E-state index in [9.17, 15) is 8.78 Å². The Labute approximate surface area is 87.6 Å². The quantitative estimate of drug-likeness (QED) is 0.520. The van der Waals surface area contributed by atoms with Crippen molar-refractivity contribution in [3.63, 3.8) is 0 Å². The van der Waals surface area contributed by atoms with E-state index in [1.54, 1.807) is 0 Å². The van der Waals surface area contributed by atoms with Gasteiger partial charge in [0.25, 0.3) is 0 Å².